The number of amides is 1. The van der Waals surface area contributed by atoms with Gasteiger partial charge in [-0.25, -0.2) is 0 Å². The molecule has 0 atom stereocenters. The molecule has 1 fully saturated rings. The first-order chi connectivity index (χ1) is 9.13. The fourth-order valence-corrected chi connectivity index (χ4v) is 2.20. The predicted octanol–water partition coefficient (Wildman–Crippen LogP) is 2.86. The molecule has 1 N–H and O–H groups in total. The van der Waals surface area contributed by atoms with Crippen LogP contribution in [-0.2, 0) is 4.79 Å². The number of nitrogens with zero attached hydrogens (tertiary/aromatic N) is 1. The zero-order chi connectivity index (χ0) is 13.7. The molecule has 1 saturated heterocycles. The van der Waals surface area contributed by atoms with E-state index < -0.39 is 0 Å². The molecule has 1 amide bonds. The highest BCUT2D eigenvalue weighted by Gasteiger charge is 2.30. The summed E-state index contributed by atoms with van der Waals surface area (Å²) in [6.45, 7) is 4.69. The average Bonchev–Trinajstić information content (AvgIpc) is 2.47. The van der Waals surface area contributed by atoms with Crippen LogP contribution in [0.2, 0.25) is 0 Å². The van der Waals surface area contributed by atoms with Crippen molar-refractivity contribution in [1.29, 1.82) is 0 Å². The summed E-state index contributed by atoms with van der Waals surface area (Å²) < 4.78 is 0. The minimum absolute atomic E-state index is 0.0452. The number of piperidine rings is 1. The first kappa shape index (κ1) is 13.8. The van der Waals surface area contributed by atoms with Crippen molar-refractivity contribution in [1.82, 2.24) is 4.90 Å². The molecule has 0 bridgehead atoms. The predicted molar refractivity (Wildman–Crippen MR) is 75.6 cm³/mol. The van der Waals surface area contributed by atoms with Crippen molar-refractivity contribution >= 4 is 12.0 Å². The summed E-state index contributed by atoms with van der Waals surface area (Å²) in [6.07, 6.45) is 5.10. The third-order valence-corrected chi connectivity index (χ3v) is 3.75. The van der Waals surface area contributed by atoms with Crippen molar-refractivity contribution in [2.45, 2.75) is 19.8 Å². The van der Waals surface area contributed by atoms with Gasteiger partial charge >= 0.3 is 0 Å². The lowest BCUT2D eigenvalue weighted by Crippen LogP contribution is -2.41. The largest absolute Gasteiger partial charge is 0.390 e. The van der Waals surface area contributed by atoms with Crippen LogP contribution in [0, 0.1) is 12.0 Å². The Balaban J connectivity index is 1.90. The van der Waals surface area contributed by atoms with E-state index in [1.165, 1.54) is 6.61 Å². The highest BCUT2D eigenvalue weighted by atomic mass is 16.3. The van der Waals surface area contributed by atoms with Gasteiger partial charge in [-0.3, -0.25) is 4.79 Å². The fourth-order valence-electron chi connectivity index (χ4n) is 2.20. The molecule has 19 heavy (non-hydrogen) atoms. The number of hydrogen-bond acceptors (Lipinski definition) is 2. The van der Waals surface area contributed by atoms with Crippen LogP contribution in [-0.4, -0.2) is 29.0 Å². The van der Waals surface area contributed by atoms with Crippen LogP contribution in [0.25, 0.3) is 6.08 Å². The Labute approximate surface area is 114 Å². The lowest BCUT2D eigenvalue weighted by Gasteiger charge is -2.37. The Bertz CT molecular complexity index is 445. The molecule has 0 spiro atoms. The van der Waals surface area contributed by atoms with Gasteiger partial charge in [0.2, 0.25) is 5.91 Å². The number of aliphatic hydroxyl groups excluding tert-OH is 1. The molecule has 3 nitrogen and oxygen atoms in total. The van der Waals surface area contributed by atoms with Crippen molar-refractivity contribution < 1.29 is 9.90 Å². The van der Waals surface area contributed by atoms with Crippen LogP contribution >= 0.6 is 0 Å². The molecular formula is C16H20NO2. The van der Waals surface area contributed by atoms with Crippen LogP contribution in [0.15, 0.2) is 36.4 Å². The third kappa shape index (κ3) is 3.67. The molecule has 1 aliphatic rings. The van der Waals surface area contributed by atoms with Gasteiger partial charge in [0.1, 0.15) is 0 Å². The van der Waals surface area contributed by atoms with Crippen LogP contribution in [0.1, 0.15) is 25.3 Å². The van der Waals surface area contributed by atoms with E-state index in [-0.39, 0.29) is 11.3 Å². The van der Waals surface area contributed by atoms with Gasteiger partial charge in [0.25, 0.3) is 0 Å². The van der Waals surface area contributed by atoms with Crippen molar-refractivity contribution in [2.75, 3.05) is 13.1 Å². The van der Waals surface area contributed by atoms with Crippen molar-refractivity contribution in [2.24, 2.45) is 5.41 Å². The SMILES string of the molecule is CC1([CH]O)CCN(C(=O)/C=C/c2ccccc2)CC1. The number of benzene rings is 1. The van der Waals surface area contributed by atoms with E-state index in [1.54, 1.807) is 6.08 Å². The van der Waals surface area contributed by atoms with Gasteiger partial charge in [-0.15, -0.1) is 0 Å². The molecule has 0 unspecified atom stereocenters. The van der Waals surface area contributed by atoms with Crippen molar-refractivity contribution in [3.8, 4) is 0 Å². The minimum Gasteiger partial charge on any atom is -0.390 e. The third-order valence-electron chi connectivity index (χ3n) is 3.75. The van der Waals surface area contributed by atoms with E-state index in [0.29, 0.717) is 13.1 Å². The maximum Gasteiger partial charge on any atom is 0.246 e. The lowest BCUT2D eigenvalue weighted by molar-refractivity contribution is -0.128. The number of carbonyl (C=O) groups is 1. The van der Waals surface area contributed by atoms with E-state index >= 15 is 0 Å². The second kappa shape index (κ2) is 6.02. The molecule has 1 radical (unpaired) electrons. The Kier molecular flexibility index (Phi) is 4.38. The Morgan fingerprint density at radius 2 is 1.89 bits per heavy atom. The van der Waals surface area contributed by atoms with Crippen LogP contribution in [0.4, 0.5) is 0 Å². The van der Waals surface area contributed by atoms with Gasteiger partial charge in [-0.2, -0.15) is 0 Å². The van der Waals surface area contributed by atoms with Gasteiger partial charge in [-0.1, -0.05) is 37.3 Å². The van der Waals surface area contributed by atoms with Crippen LogP contribution in [0.5, 0.6) is 0 Å². The summed E-state index contributed by atoms with van der Waals surface area (Å²) in [7, 11) is 0. The molecule has 0 aliphatic carbocycles. The summed E-state index contributed by atoms with van der Waals surface area (Å²) in [5.74, 6) is 0.0452. The number of likely N-dealkylation sites (tertiary alicyclic amines) is 1. The molecule has 1 aliphatic heterocycles. The van der Waals surface area contributed by atoms with Gasteiger partial charge in [0.05, 0.1) is 6.61 Å². The summed E-state index contributed by atoms with van der Waals surface area (Å²) in [5.41, 5.74) is 0.890. The number of aliphatic hydroxyl groups is 1. The molecule has 2 rings (SSSR count). The summed E-state index contributed by atoms with van der Waals surface area (Å²) >= 11 is 0. The average molecular weight is 258 g/mol. The summed E-state index contributed by atoms with van der Waals surface area (Å²) in [4.78, 5) is 13.9. The highest BCUT2D eigenvalue weighted by molar-refractivity contribution is 5.91. The molecular weight excluding hydrogens is 238 g/mol. The second-order valence-corrected chi connectivity index (χ2v) is 5.35. The van der Waals surface area contributed by atoms with E-state index in [1.807, 2.05) is 48.2 Å². The van der Waals surface area contributed by atoms with Gasteiger partial charge in [0.15, 0.2) is 0 Å². The van der Waals surface area contributed by atoms with Gasteiger partial charge < -0.3 is 10.0 Å². The van der Waals surface area contributed by atoms with E-state index in [2.05, 4.69) is 0 Å². The first-order valence-electron chi connectivity index (χ1n) is 6.64. The lowest BCUT2D eigenvalue weighted by atomic mass is 9.81. The summed E-state index contributed by atoms with van der Waals surface area (Å²) in [6, 6.07) is 9.80. The molecule has 0 aromatic heterocycles. The smallest absolute Gasteiger partial charge is 0.246 e. The molecule has 1 aromatic rings. The number of hydrogen-bond donors (Lipinski definition) is 1. The molecule has 1 heterocycles. The fraction of sp³-hybridized carbons (Fsp3) is 0.375. The van der Waals surface area contributed by atoms with Crippen molar-refractivity contribution in [3.63, 3.8) is 0 Å². The summed E-state index contributed by atoms with van der Waals surface area (Å²) in [5, 5.41) is 9.18. The quantitative estimate of drug-likeness (QED) is 0.847. The van der Waals surface area contributed by atoms with Crippen LogP contribution < -0.4 is 0 Å². The Hall–Kier alpha value is -1.61. The normalized spacial score (nSPS) is 18.7. The molecule has 0 saturated carbocycles. The first-order valence-corrected chi connectivity index (χ1v) is 6.64. The molecule has 101 valence electrons. The minimum atomic E-state index is -0.139. The van der Waals surface area contributed by atoms with E-state index in [4.69, 9.17) is 0 Å². The van der Waals surface area contributed by atoms with Crippen molar-refractivity contribution in [3.05, 3.63) is 48.6 Å². The monoisotopic (exact) mass is 258 g/mol. The number of carbonyl (C=O) groups excluding carboxylic acids is 1. The van der Waals surface area contributed by atoms with Crippen LogP contribution in [0.3, 0.4) is 0 Å². The standard InChI is InChI=1S/C16H20NO2/c1-16(13-18)9-11-17(12-10-16)15(19)8-7-14-5-3-2-4-6-14/h2-8,13,18H,9-12H2,1H3/b8-7+. The maximum atomic E-state index is 12.0. The maximum absolute atomic E-state index is 12.0. The highest BCUT2D eigenvalue weighted by Crippen LogP contribution is 2.32. The van der Waals surface area contributed by atoms with Gasteiger partial charge in [0, 0.05) is 19.2 Å². The second-order valence-electron chi connectivity index (χ2n) is 5.35. The van der Waals surface area contributed by atoms with E-state index in [9.17, 15) is 9.90 Å². The van der Waals surface area contributed by atoms with E-state index in [0.717, 1.165) is 18.4 Å². The molecule has 1 aromatic carbocycles. The van der Waals surface area contributed by atoms with Gasteiger partial charge in [-0.05, 0) is 29.9 Å². The topological polar surface area (TPSA) is 40.5 Å². The Morgan fingerprint density at radius 3 is 2.47 bits per heavy atom. The Morgan fingerprint density at radius 1 is 1.26 bits per heavy atom. The zero-order valence-corrected chi connectivity index (χ0v) is 11.2. The zero-order valence-electron chi connectivity index (χ0n) is 11.2. The molecule has 3 heteroatoms. The number of rotatable bonds is 3.